The van der Waals surface area contributed by atoms with E-state index in [1.54, 1.807) is 48.5 Å². The first-order valence-electron chi connectivity index (χ1n) is 12.0. The monoisotopic (exact) mass is 478 g/mol. The van der Waals surface area contributed by atoms with Crippen LogP contribution in [-0.4, -0.2) is 47.3 Å². The SMILES string of the molecule is CCOc1ccc(NC(=O)c2ccc(NC(=O)CN3C(=O)NC4(CCCCCC4)C3=O)cc2)cc1. The Morgan fingerprint density at radius 1 is 0.914 bits per heavy atom. The molecule has 0 radical (unpaired) electrons. The predicted octanol–water partition coefficient (Wildman–Crippen LogP) is 3.92. The molecule has 1 aliphatic heterocycles. The summed E-state index contributed by atoms with van der Waals surface area (Å²) < 4.78 is 5.39. The zero-order chi connectivity index (χ0) is 24.8. The first kappa shape index (κ1) is 24.3. The van der Waals surface area contributed by atoms with E-state index in [1.165, 1.54) is 0 Å². The van der Waals surface area contributed by atoms with Gasteiger partial charge in [0.25, 0.3) is 11.8 Å². The molecule has 4 rings (SSSR count). The van der Waals surface area contributed by atoms with Crippen LogP contribution in [0.25, 0.3) is 0 Å². The summed E-state index contributed by atoms with van der Waals surface area (Å²) >= 11 is 0. The summed E-state index contributed by atoms with van der Waals surface area (Å²) in [6.45, 7) is 2.11. The molecule has 35 heavy (non-hydrogen) atoms. The highest BCUT2D eigenvalue weighted by atomic mass is 16.5. The lowest BCUT2D eigenvalue weighted by molar-refractivity contribution is -0.134. The molecule has 9 nitrogen and oxygen atoms in total. The molecule has 2 aromatic carbocycles. The molecule has 1 heterocycles. The number of imide groups is 1. The van der Waals surface area contributed by atoms with Crippen LogP contribution in [0.1, 0.15) is 55.8 Å². The quantitative estimate of drug-likeness (QED) is 0.522. The van der Waals surface area contributed by atoms with Crippen molar-refractivity contribution in [1.29, 1.82) is 0 Å². The Kier molecular flexibility index (Phi) is 7.33. The van der Waals surface area contributed by atoms with Crippen molar-refractivity contribution in [2.45, 2.75) is 51.0 Å². The van der Waals surface area contributed by atoms with Crippen molar-refractivity contribution < 1.29 is 23.9 Å². The van der Waals surface area contributed by atoms with Gasteiger partial charge in [-0.3, -0.25) is 19.3 Å². The molecule has 1 saturated heterocycles. The summed E-state index contributed by atoms with van der Waals surface area (Å²) in [7, 11) is 0. The summed E-state index contributed by atoms with van der Waals surface area (Å²) in [5.41, 5.74) is 0.646. The first-order chi connectivity index (χ1) is 16.9. The third-order valence-corrected chi connectivity index (χ3v) is 6.36. The maximum Gasteiger partial charge on any atom is 0.325 e. The van der Waals surface area contributed by atoms with Gasteiger partial charge in [0, 0.05) is 16.9 Å². The standard InChI is InChI=1S/C26H30N4O5/c1-2-35-21-13-11-20(12-14-21)28-23(32)18-7-9-19(10-8-18)27-22(31)17-30-24(33)26(29-25(30)34)15-5-3-4-6-16-26/h7-14H,2-6,15-17H2,1H3,(H,27,31)(H,28,32)(H,29,34). The Labute approximate surface area is 204 Å². The van der Waals surface area contributed by atoms with Crippen molar-refractivity contribution in [3.8, 4) is 5.75 Å². The van der Waals surface area contributed by atoms with Gasteiger partial charge in [0.2, 0.25) is 5.91 Å². The van der Waals surface area contributed by atoms with E-state index in [0.29, 0.717) is 36.4 Å². The van der Waals surface area contributed by atoms with Gasteiger partial charge >= 0.3 is 6.03 Å². The van der Waals surface area contributed by atoms with E-state index in [9.17, 15) is 19.2 Å². The third kappa shape index (κ3) is 5.62. The predicted molar refractivity (Wildman–Crippen MR) is 131 cm³/mol. The fourth-order valence-electron chi connectivity index (χ4n) is 4.54. The maximum atomic E-state index is 13.0. The summed E-state index contributed by atoms with van der Waals surface area (Å²) in [6, 6.07) is 12.9. The minimum Gasteiger partial charge on any atom is -0.494 e. The summed E-state index contributed by atoms with van der Waals surface area (Å²) in [5, 5.41) is 8.33. The van der Waals surface area contributed by atoms with Gasteiger partial charge < -0.3 is 20.7 Å². The van der Waals surface area contributed by atoms with E-state index in [1.807, 2.05) is 6.92 Å². The van der Waals surface area contributed by atoms with Crippen LogP contribution in [0.5, 0.6) is 5.75 Å². The van der Waals surface area contributed by atoms with Crippen molar-refractivity contribution in [3.05, 3.63) is 54.1 Å². The largest absolute Gasteiger partial charge is 0.494 e. The topological polar surface area (TPSA) is 117 Å². The van der Waals surface area contributed by atoms with Gasteiger partial charge in [-0.1, -0.05) is 25.7 Å². The average Bonchev–Trinajstić information content (AvgIpc) is 3.00. The number of amides is 5. The molecule has 0 unspecified atom stereocenters. The smallest absolute Gasteiger partial charge is 0.325 e. The van der Waals surface area contributed by atoms with Gasteiger partial charge in [-0.2, -0.15) is 0 Å². The number of hydrogen-bond acceptors (Lipinski definition) is 5. The second-order valence-electron chi connectivity index (χ2n) is 8.85. The Morgan fingerprint density at radius 3 is 2.14 bits per heavy atom. The average molecular weight is 479 g/mol. The highest BCUT2D eigenvalue weighted by Crippen LogP contribution is 2.32. The molecular weight excluding hydrogens is 448 g/mol. The second kappa shape index (κ2) is 10.6. The molecule has 2 aromatic rings. The van der Waals surface area contributed by atoms with Crippen LogP contribution in [0.4, 0.5) is 16.2 Å². The Hall–Kier alpha value is -3.88. The molecule has 184 valence electrons. The maximum absolute atomic E-state index is 13.0. The zero-order valence-electron chi connectivity index (χ0n) is 19.8. The molecule has 1 saturated carbocycles. The molecule has 0 bridgehead atoms. The highest BCUT2D eigenvalue weighted by molar-refractivity contribution is 6.10. The van der Waals surface area contributed by atoms with Crippen molar-refractivity contribution in [2.75, 3.05) is 23.8 Å². The van der Waals surface area contributed by atoms with Crippen LogP contribution < -0.4 is 20.7 Å². The van der Waals surface area contributed by atoms with E-state index < -0.39 is 17.5 Å². The van der Waals surface area contributed by atoms with Crippen molar-refractivity contribution in [1.82, 2.24) is 10.2 Å². The van der Waals surface area contributed by atoms with E-state index >= 15 is 0 Å². The number of nitrogens with one attached hydrogen (secondary N) is 3. The Bertz CT molecular complexity index is 1090. The third-order valence-electron chi connectivity index (χ3n) is 6.36. The lowest BCUT2D eigenvalue weighted by Gasteiger charge is -2.24. The van der Waals surface area contributed by atoms with Crippen molar-refractivity contribution in [2.24, 2.45) is 0 Å². The fraction of sp³-hybridized carbons (Fsp3) is 0.385. The van der Waals surface area contributed by atoms with Crippen molar-refractivity contribution in [3.63, 3.8) is 0 Å². The normalized spacial score (nSPS) is 17.0. The molecule has 0 aromatic heterocycles. The number of hydrogen-bond donors (Lipinski definition) is 3. The zero-order valence-corrected chi connectivity index (χ0v) is 19.8. The van der Waals surface area contributed by atoms with Gasteiger partial charge in [0.1, 0.15) is 17.8 Å². The minimum atomic E-state index is -0.869. The molecule has 1 spiro atoms. The Morgan fingerprint density at radius 2 is 1.51 bits per heavy atom. The summed E-state index contributed by atoms with van der Waals surface area (Å²) in [4.78, 5) is 51.5. The molecule has 2 fully saturated rings. The Balaban J connectivity index is 1.32. The van der Waals surface area contributed by atoms with E-state index in [4.69, 9.17) is 4.74 Å². The van der Waals surface area contributed by atoms with Gasteiger partial charge in [-0.05, 0) is 68.3 Å². The van der Waals surface area contributed by atoms with Gasteiger partial charge in [-0.15, -0.1) is 0 Å². The molecule has 5 amide bonds. The molecule has 9 heteroatoms. The van der Waals surface area contributed by atoms with Gasteiger partial charge in [0.15, 0.2) is 0 Å². The van der Waals surface area contributed by atoms with Crippen LogP contribution in [0.3, 0.4) is 0 Å². The first-order valence-corrected chi connectivity index (χ1v) is 12.0. The summed E-state index contributed by atoms with van der Waals surface area (Å²) in [6.07, 6.45) is 5.06. The number of anilines is 2. The number of carbonyl (C=O) groups excluding carboxylic acids is 4. The number of benzene rings is 2. The summed E-state index contributed by atoms with van der Waals surface area (Å²) in [5.74, 6) is -0.366. The number of nitrogens with zero attached hydrogens (tertiary/aromatic N) is 1. The second-order valence-corrected chi connectivity index (χ2v) is 8.85. The van der Waals surface area contributed by atoms with Crippen LogP contribution in [0.15, 0.2) is 48.5 Å². The van der Waals surface area contributed by atoms with Crippen LogP contribution in [0, 0.1) is 0 Å². The van der Waals surface area contributed by atoms with E-state index in [2.05, 4.69) is 16.0 Å². The molecule has 0 atom stereocenters. The van der Waals surface area contributed by atoms with E-state index in [-0.39, 0.29) is 18.4 Å². The number of urea groups is 1. The van der Waals surface area contributed by atoms with Crippen LogP contribution in [0.2, 0.25) is 0 Å². The highest BCUT2D eigenvalue weighted by Gasteiger charge is 2.51. The number of ether oxygens (including phenoxy) is 1. The molecule has 2 aliphatic rings. The van der Waals surface area contributed by atoms with Crippen molar-refractivity contribution >= 4 is 35.1 Å². The lowest BCUT2D eigenvalue weighted by atomic mass is 9.90. The minimum absolute atomic E-state index is 0.292. The van der Waals surface area contributed by atoms with Crippen LogP contribution in [-0.2, 0) is 9.59 Å². The lowest BCUT2D eigenvalue weighted by Crippen LogP contribution is -2.47. The van der Waals surface area contributed by atoms with Gasteiger partial charge in [0.05, 0.1) is 6.61 Å². The molecule has 1 aliphatic carbocycles. The van der Waals surface area contributed by atoms with E-state index in [0.717, 1.165) is 36.3 Å². The van der Waals surface area contributed by atoms with Crippen LogP contribution >= 0.6 is 0 Å². The fourth-order valence-corrected chi connectivity index (χ4v) is 4.54. The number of rotatable bonds is 7. The number of carbonyl (C=O) groups is 4. The molecular formula is C26H30N4O5. The van der Waals surface area contributed by atoms with Gasteiger partial charge in [-0.25, -0.2) is 4.79 Å². The molecule has 3 N–H and O–H groups in total.